The molecule has 0 radical (unpaired) electrons. The molecule has 0 saturated heterocycles. The van der Waals surface area contributed by atoms with E-state index in [9.17, 15) is 0 Å². The van der Waals surface area contributed by atoms with Crippen molar-refractivity contribution in [1.82, 2.24) is 4.98 Å². The van der Waals surface area contributed by atoms with E-state index in [1.807, 2.05) is 6.07 Å². The van der Waals surface area contributed by atoms with Crippen LogP contribution in [0.3, 0.4) is 0 Å². The van der Waals surface area contributed by atoms with E-state index in [4.69, 9.17) is 46.4 Å². The molecule has 0 aliphatic heterocycles. The minimum Gasteiger partial charge on any atom is -0.254 e. The fraction of sp³-hybridized carbons (Fsp3) is 0. The van der Waals surface area contributed by atoms with Gasteiger partial charge in [-0.05, 0) is 40.8 Å². The van der Waals surface area contributed by atoms with Gasteiger partial charge < -0.3 is 0 Å². The molecule has 2 rings (SSSR count). The van der Waals surface area contributed by atoms with Crippen molar-refractivity contribution in [2.24, 2.45) is 0 Å². The predicted molar refractivity (Wildman–Crippen MR) is 82.4 cm³/mol. The van der Waals surface area contributed by atoms with Gasteiger partial charge in [-0.2, -0.15) is 0 Å². The highest BCUT2D eigenvalue weighted by Gasteiger charge is 2.13. The van der Waals surface area contributed by atoms with Crippen molar-refractivity contribution in [2.75, 3.05) is 0 Å². The molecular weight excluding hydrogens is 415 g/mol. The quantitative estimate of drug-likeness (QED) is 0.411. The van der Waals surface area contributed by atoms with Crippen molar-refractivity contribution in [1.29, 1.82) is 0 Å². The van der Waals surface area contributed by atoms with Crippen LogP contribution in [0.4, 0.5) is 0 Å². The highest BCUT2D eigenvalue weighted by molar-refractivity contribution is 14.1. The standard InChI is InChI=1S/C11H4Cl4IN/c12-5-3-8(16)11(17-4-5)6-1-2-7(13)10(15)9(6)14/h1-4H. The number of aromatic nitrogens is 1. The Hall–Kier alpha value is 0.260. The molecule has 0 bridgehead atoms. The smallest absolute Gasteiger partial charge is 0.0851 e. The minimum absolute atomic E-state index is 0.332. The Balaban J connectivity index is 2.65. The van der Waals surface area contributed by atoms with Crippen LogP contribution in [0.2, 0.25) is 20.1 Å². The summed E-state index contributed by atoms with van der Waals surface area (Å²) in [6.45, 7) is 0. The molecule has 0 aliphatic rings. The summed E-state index contributed by atoms with van der Waals surface area (Å²) in [7, 11) is 0. The van der Waals surface area contributed by atoms with Crippen molar-refractivity contribution < 1.29 is 0 Å². The zero-order valence-corrected chi connectivity index (χ0v) is 13.3. The van der Waals surface area contributed by atoms with Gasteiger partial charge in [0.1, 0.15) is 0 Å². The Kier molecular flexibility index (Phi) is 4.42. The average molecular weight is 419 g/mol. The third-order valence-electron chi connectivity index (χ3n) is 2.10. The second kappa shape index (κ2) is 5.49. The van der Waals surface area contributed by atoms with E-state index in [-0.39, 0.29) is 0 Å². The number of nitrogens with zero attached hydrogens (tertiary/aromatic N) is 1. The first-order chi connectivity index (χ1) is 8.00. The van der Waals surface area contributed by atoms with E-state index >= 15 is 0 Å². The van der Waals surface area contributed by atoms with E-state index in [2.05, 4.69) is 27.6 Å². The van der Waals surface area contributed by atoms with E-state index in [0.717, 1.165) is 14.8 Å². The monoisotopic (exact) mass is 417 g/mol. The summed E-state index contributed by atoms with van der Waals surface area (Å²) in [6.07, 6.45) is 1.57. The van der Waals surface area contributed by atoms with Crippen LogP contribution in [0.15, 0.2) is 24.4 Å². The van der Waals surface area contributed by atoms with Gasteiger partial charge in [0.15, 0.2) is 0 Å². The van der Waals surface area contributed by atoms with Crippen LogP contribution < -0.4 is 0 Å². The zero-order valence-electron chi connectivity index (χ0n) is 8.15. The summed E-state index contributed by atoms with van der Waals surface area (Å²) in [5.74, 6) is 0. The van der Waals surface area contributed by atoms with Gasteiger partial charge in [0.2, 0.25) is 0 Å². The van der Waals surface area contributed by atoms with Crippen LogP contribution in [-0.2, 0) is 0 Å². The number of benzene rings is 1. The summed E-state index contributed by atoms with van der Waals surface area (Å²) in [5.41, 5.74) is 1.47. The van der Waals surface area contributed by atoms with E-state index in [1.54, 1.807) is 18.3 Å². The molecule has 1 nitrogen and oxygen atoms in total. The van der Waals surface area contributed by atoms with Gasteiger partial charge in [0.05, 0.1) is 25.8 Å². The van der Waals surface area contributed by atoms with Crippen LogP contribution in [0.25, 0.3) is 11.3 Å². The lowest BCUT2D eigenvalue weighted by molar-refractivity contribution is 1.31. The second-order valence-electron chi connectivity index (χ2n) is 3.21. The van der Waals surface area contributed by atoms with Crippen LogP contribution in [0.1, 0.15) is 0 Å². The first-order valence-electron chi connectivity index (χ1n) is 4.45. The summed E-state index contributed by atoms with van der Waals surface area (Å²) < 4.78 is 0.899. The lowest BCUT2D eigenvalue weighted by atomic mass is 10.1. The van der Waals surface area contributed by atoms with Gasteiger partial charge in [-0.15, -0.1) is 0 Å². The molecule has 0 unspecified atom stereocenters. The Bertz CT molecular complexity index is 586. The number of halogens is 5. The molecule has 6 heteroatoms. The molecule has 1 aromatic carbocycles. The molecule has 88 valence electrons. The second-order valence-corrected chi connectivity index (χ2v) is 5.97. The van der Waals surface area contributed by atoms with Gasteiger partial charge in [0.25, 0.3) is 0 Å². The molecule has 0 N–H and O–H groups in total. The summed E-state index contributed by atoms with van der Waals surface area (Å²) >= 11 is 26.0. The van der Waals surface area contributed by atoms with E-state index in [0.29, 0.717) is 20.1 Å². The SMILES string of the molecule is Clc1cnc(-c2ccc(Cl)c(Cl)c2Cl)c(I)c1. The van der Waals surface area contributed by atoms with Crippen LogP contribution >= 0.6 is 69.0 Å². The third kappa shape index (κ3) is 2.82. The maximum absolute atomic E-state index is 6.15. The first-order valence-corrected chi connectivity index (χ1v) is 7.04. The van der Waals surface area contributed by atoms with Gasteiger partial charge in [0, 0.05) is 15.3 Å². The topological polar surface area (TPSA) is 12.9 Å². The van der Waals surface area contributed by atoms with Crippen molar-refractivity contribution in [3.05, 3.63) is 48.1 Å². The molecular formula is C11H4Cl4IN. The van der Waals surface area contributed by atoms with Crippen molar-refractivity contribution in [2.45, 2.75) is 0 Å². The van der Waals surface area contributed by atoms with Crippen LogP contribution in [-0.4, -0.2) is 4.98 Å². The van der Waals surface area contributed by atoms with Gasteiger partial charge >= 0.3 is 0 Å². The summed E-state index contributed by atoms with van der Waals surface area (Å²) in [5, 5.41) is 1.73. The predicted octanol–water partition coefficient (Wildman–Crippen LogP) is 5.97. The fourth-order valence-corrected chi connectivity index (χ4v) is 3.05. The first kappa shape index (κ1) is 13.7. The molecule has 2 aromatic rings. The Morgan fingerprint density at radius 2 is 1.71 bits per heavy atom. The van der Waals surface area contributed by atoms with Gasteiger partial charge in [-0.25, -0.2) is 0 Å². The highest BCUT2D eigenvalue weighted by Crippen LogP contribution is 2.38. The highest BCUT2D eigenvalue weighted by atomic mass is 127. The van der Waals surface area contributed by atoms with Gasteiger partial charge in [-0.1, -0.05) is 46.4 Å². The summed E-state index contributed by atoms with van der Waals surface area (Å²) in [6, 6.07) is 5.29. The van der Waals surface area contributed by atoms with Crippen molar-refractivity contribution in [3.63, 3.8) is 0 Å². The fourth-order valence-electron chi connectivity index (χ4n) is 1.32. The lowest BCUT2D eigenvalue weighted by Gasteiger charge is -2.08. The maximum Gasteiger partial charge on any atom is 0.0851 e. The molecule has 0 aliphatic carbocycles. The molecule has 1 aromatic heterocycles. The molecule has 0 fully saturated rings. The van der Waals surface area contributed by atoms with Crippen LogP contribution in [0, 0.1) is 3.57 Å². The lowest BCUT2D eigenvalue weighted by Crippen LogP contribution is -1.89. The zero-order chi connectivity index (χ0) is 12.6. The van der Waals surface area contributed by atoms with E-state index in [1.165, 1.54) is 0 Å². The average Bonchev–Trinajstić information content (AvgIpc) is 2.28. The normalized spacial score (nSPS) is 10.6. The molecule has 0 amide bonds. The molecule has 0 saturated carbocycles. The molecule has 1 heterocycles. The van der Waals surface area contributed by atoms with Gasteiger partial charge in [-0.3, -0.25) is 4.98 Å². The largest absolute Gasteiger partial charge is 0.254 e. The maximum atomic E-state index is 6.15. The Morgan fingerprint density at radius 3 is 2.35 bits per heavy atom. The Morgan fingerprint density at radius 1 is 1.00 bits per heavy atom. The number of pyridine rings is 1. The minimum atomic E-state index is 0.332. The molecule has 0 spiro atoms. The van der Waals surface area contributed by atoms with E-state index < -0.39 is 0 Å². The Labute approximate surface area is 132 Å². The number of hydrogen-bond donors (Lipinski definition) is 0. The summed E-state index contributed by atoms with van der Waals surface area (Å²) in [4.78, 5) is 4.25. The molecule has 0 atom stereocenters. The van der Waals surface area contributed by atoms with Crippen LogP contribution in [0.5, 0.6) is 0 Å². The number of rotatable bonds is 1. The number of hydrogen-bond acceptors (Lipinski definition) is 1. The third-order valence-corrected chi connectivity index (χ3v) is 4.42. The molecule has 17 heavy (non-hydrogen) atoms. The van der Waals surface area contributed by atoms with Crippen molar-refractivity contribution in [3.8, 4) is 11.3 Å². The van der Waals surface area contributed by atoms with Crippen molar-refractivity contribution >= 4 is 69.0 Å².